The number of Topliss-reactive ketones (excluding diaryl/α,β-unsaturated/α-hetero) is 1. The molecule has 0 bridgehead atoms. The molecule has 0 amide bonds. The zero-order chi connectivity index (χ0) is 24.1. The molecule has 0 aliphatic carbocycles. The van der Waals surface area contributed by atoms with Gasteiger partial charge < -0.3 is 18.9 Å². The number of nitrogens with zero attached hydrogens (tertiary/aromatic N) is 1. The first-order chi connectivity index (χ1) is 17.0. The summed E-state index contributed by atoms with van der Waals surface area (Å²) < 4.78 is 22.9. The van der Waals surface area contributed by atoms with Crippen molar-refractivity contribution in [1.29, 1.82) is 0 Å². The molecule has 0 aromatic heterocycles. The van der Waals surface area contributed by atoms with Crippen LogP contribution in [0.3, 0.4) is 0 Å². The number of ketones is 1. The van der Waals surface area contributed by atoms with E-state index < -0.39 is 0 Å². The fourth-order valence-corrected chi connectivity index (χ4v) is 5.10. The summed E-state index contributed by atoms with van der Waals surface area (Å²) in [6.07, 6.45) is 2.49. The lowest BCUT2D eigenvalue weighted by atomic mass is 9.99. The number of allylic oxidation sites excluding steroid dienone is 1. The van der Waals surface area contributed by atoms with E-state index in [9.17, 15) is 4.79 Å². The highest BCUT2D eigenvalue weighted by molar-refractivity contribution is 6.35. The molecule has 3 heterocycles. The maximum absolute atomic E-state index is 13.2. The van der Waals surface area contributed by atoms with Crippen LogP contribution in [-0.4, -0.2) is 30.8 Å². The molecule has 178 valence electrons. The second-order valence-electron chi connectivity index (χ2n) is 8.73. The van der Waals surface area contributed by atoms with Gasteiger partial charge in [-0.1, -0.05) is 35.3 Å². The number of ether oxygens (including phenoxy) is 4. The highest BCUT2D eigenvalue weighted by Gasteiger charge is 2.33. The summed E-state index contributed by atoms with van der Waals surface area (Å²) >= 11 is 12.3. The molecule has 3 aromatic carbocycles. The molecule has 0 unspecified atom stereocenters. The van der Waals surface area contributed by atoms with Crippen molar-refractivity contribution in [3.8, 4) is 23.0 Å². The maximum atomic E-state index is 13.2. The van der Waals surface area contributed by atoms with Gasteiger partial charge in [-0.05, 0) is 60.9 Å². The molecule has 3 aliphatic heterocycles. The van der Waals surface area contributed by atoms with Crippen molar-refractivity contribution in [3.63, 3.8) is 0 Å². The van der Waals surface area contributed by atoms with E-state index in [1.165, 1.54) is 0 Å². The third kappa shape index (κ3) is 4.12. The van der Waals surface area contributed by atoms with Gasteiger partial charge in [0.1, 0.15) is 18.2 Å². The fourth-order valence-electron chi connectivity index (χ4n) is 4.60. The molecule has 8 heteroatoms. The Morgan fingerprint density at radius 1 is 1.00 bits per heavy atom. The van der Waals surface area contributed by atoms with Gasteiger partial charge in [0.05, 0.1) is 5.56 Å². The summed E-state index contributed by atoms with van der Waals surface area (Å²) in [5.41, 5.74) is 4.20. The standard InChI is InChI=1S/C27H21Cl2NO5/c1-15-26-18(12-30(13-32-26)7-6-17-3-4-19(28)11-21(17)29)10-20-25(31)24(35-27(15)20)9-16-2-5-22-23(8-16)34-14-33-22/h2-5,8-11H,6-7,12-14H2,1H3/b24-9-. The van der Waals surface area contributed by atoms with E-state index in [4.69, 9.17) is 42.1 Å². The van der Waals surface area contributed by atoms with Gasteiger partial charge in [-0.2, -0.15) is 0 Å². The molecule has 0 N–H and O–H groups in total. The molecule has 0 fully saturated rings. The SMILES string of the molecule is Cc1c2c(cc3c1O/C(=C\c1ccc4c(c1)OCO4)C3=O)CN(CCc1ccc(Cl)cc1Cl)CO2. The Morgan fingerprint density at radius 3 is 2.71 bits per heavy atom. The van der Waals surface area contributed by atoms with Crippen molar-refractivity contribution in [2.24, 2.45) is 0 Å². The average Bonchev–Trinajstić information content (AvgIpc) is 3.43. The number of fused-ring (bicyclic) bond motifs is 3. The lowest BCUT2D eigenvalue weighted by molar-refractivity contribution is 0.0954. The maximum Gasteiger partial charge on any atom is 0.231 e. The molecule has 6 rings (SSSR count). The molecule has 0 atom stereocenters. The zero-order valence-corrected chi connectivity index (χ0v) is 20.4. The first-order valence-corrected chi connectivity index (χ1v) is 12.0. The Bertz CT molecular complexity index is 1400. The summed E-state index contributed by atoms with van der Waals surface area (Å²) in [5.74, 6) is 2.82. The Kier molecular flexibility index (Phi) is 5.60. The summed E-state index contributed by atoms with van der Waals surface area (Å²) in [4.78, 5) is 15.4. The first-order valence-electron chi connectivity index (χ1n) is 11.3. The van der Waals surface area contributed by atoms with E-state index in [0.717, 1.165) is 41.0 Å². The van der Waals surface area contributed by atoms with Gasteiger partial charge in [-0.15, -0.1) is 0 Å². The number of halogens is 2. The highest BCUT2D eigenvalue weighted by atomic mass is 35.5. The van der Waals surface area contributed by atoms with Crippen LogP contribution in [0.4, 0.5) is 0 Å². The molecule has 0 saturated heterocycles. The van der Waals surface area contributed by atoms with Crippen molar-refractivity contribution >= 4 is 35.1 Å². The quantitative estimate of drug-likeness (QED) is 0.399. The second kappa shape index (κ2) is 8.79. The number of carbonyl (C=O) groups excluding carboxylic acids is 1. The van der Waals surface area contributed by atoms with Gasteiger partial charge in [0.15, 0.2) is 17.3 Å². The minimum absolute atomic E-state index is 0.145. The predicted molar refractivity (Wildman–Crippen MR) is 133 cm³/mol. The number of carbonyl (C=O) groups is 1. The summed E-state index contributed by atoms with van der Waals surface area (Å²) in [5, 5.41) is 1.28. The third-order valence-corrected chi connectivity index (χ3v) is 7.00. The Morgan fingerprint density at radius 2 is 1.86 bits per heavy atom. The van der Waals surface area contributed by atoms with Crippen LogP contribution in [0.1, 0.15) is 32.6 Å². The van der Waals surface area contributed by atoms with Crippen LogP contribution in [0.25, 0.3) is 6.08 Å². The lowest BCUT2D eigenvalue weighted by Crippen LogP contribution is -2.34. The van der Waals surface area contributed by atoms with Crippen LogP contribution >= 0.6 is 23.2 Å². The van der Waals surface area contributed by atoms with Gasteiger partial charge in [0.25, 0.3) is 0 Å². The number of benzene rings is 3. The molecule has 3 aromatic rings. The van der Waals surface area contributed by atoms with Crippen molar-refractivity contribution in [2.75, 3.05) is 20.1 Å². The minimum atomic E-state index is -0.145. The van der Waals surface area contributed by atoms with Crippen LogP contribution in [-0.2, 0) is 13.0 Å². The predicted octanol–water partition coefficient (Wildman–Crippen LogP) is 6.04. The number of hydrogen-bond acceptors (Lipinski definition) is 6. The van der Waals surface area contributed by atoms with E-state index in [1.807, 2.05) is 43.3 Å². The zero-order valence-electron chi connectivity index (χ0n) is 18.9. The summed E-state index contributed by atoms with van der Waals surface area (Å²) in [6.45, 7) is 4.01. The van der Waals surface area contributed by atoms with E-state index in [2.05, 4.69) is 4.90 Å². The Hall–Kier alpha value is -3.19. The van der Waals surface area contributed by atoms with Gasteiger partial charge >= 0.3 is 0 Å². The van der Waals surface area contributed by atoms with E-state index in [-0.39, 0.29) is 18.3 Å². The number of rotatable bonds is 4. The van der Waals surface area contributed by atoms with Crippen molar-refractivity contribution < 1.29 is 23.7 Å². The lowest BCUT2D eigenvalue weighted by Gasteiger charge is -2.30. The fraction of sp³-hybridized carbons (Fsp3) is 0.222. The molecule has 35 heavy (non-hydrogen) atoms. The molecular weight excluding hydrogens is 489 g/mol. The highest BCUT2D eigenvalue weighted by Crippen LogP contribution is 2.43. The van der Waals surface area contributed by atoms with Crippen molar-refractivity contribution in [1.82, 2.24) is 4.90 Å². The Labute approximate surface area is 212 Å². The van der Waals surface area contributed by atoms with Crippen LogP contribution < -0.4 is 18.9 Å². The molecule has 0 radical (unpaired) electrons. The topological polar surface area (TPSA) is 57.2 Å². The van der Waals surface area contributed by atoms with E-state index in [0.29, 0.717) is 46.1 Å². The van der Waals surface area contributed by atoms with Crippen molar-refractivity contribution in [3.05, 3.63) is 86.1 Å². The number of hydrogen-bond donors (Lipinski definition) is 0. The molecule has 3 aliphatic rings. The molecule has 0 spiro atoms. The van der Waals surface area contributed by atoms with E-state index >= 15 is 0 Å². The average molecular weight is 510 g/mol. The van der Waals surface area contributed by atoms with Gasteiger partial charge in [-0.25, -0.2) is 0 Å². The van der Waals surface area contributed by atoms with Gasteiger partial charge in [0.2, 0.25) is 12.6 Å². The largest absolute Gasteiger partial charge is 0.477 e. The summed E-state index contributed by atoms with van der Waals surface area (Å²) in [7, 11) is 0. The van der Waals surface area contributed by atoms with Gasteiger partial charge in [-0.3, -0.25) is 9.69 Å². The van der Waals surface area contributed by atoms with Crippen LogP contribution in [0.5, 0.6) is 23.0 Å². The van der Waals surface area contributed by atoms with E-state index in [1.54, 1.807) is 12.1 Å². The smallest absolute Gasteiger partial charge is 0.231 e. The Balaban J connectivity index is 1.21. The third-order valence-electron chi connectivity index (χ3n) is 6.41. The first kappa shape index (κ1) is 22.3. The van der Waals surface area contributed by atoms with Gasteiger partial charge in [0, 0.05) is 34.3 Å². The second-order valence-corrected chi connectivity index (χ2v) is 9.57. The molecule has 6 nitrogen and oxygen atoms in total. The van der Waals surface area contributed by atoms with Crippen LogP contribution in [0.2, 0.25) is 10.0 Å². The van der Waals surface area contributed by atoms with Crippen LogP contribution in [0, 0.1) is 6.92 Å². The van der Waals surface area contributed by atoms with Crippen LogP contribution in [0.15, 0.2) is 48.2 Å². The monoisotopic (exact) mass is 509 g/mol. The van der Waals surface area contributed by atoms with Crippen molar-refractivity contribution in [2.45, 2.75) is 19.9 Å². The normalized spacial score (nSPS) is 17.2. The summed E-state index contributed by atoms with van der Waals surface area (Å²) in [6, 6.07) is 13.0. The molecular formula is C27H21Cl2NO5. The molecule has 0 saturated carbocycles. The minimum Gasteiger partial charge on any atom is -0.477 e.